The third-order valence-corrected chi connectivity index (χ3v) is 6.45. The van der Waals surface area contributed by atoms with Crippen LogP contribution in [0.3, 0.4) is 0 Å². The van der Waals surface area contributed by atoms with Gasteiger partial charge in [0.25, 0.3) is 0 Å². The lowest BCUT2D eigenvalue weighted by molar-refractivity contribution is -0.0521. The van der Waals surface area contributed by atoms with Crippen LogP contribution in [0.1, 0.15) is 21.5 Å². The van der Waals surface area contributed by atoms with E-state index in [2.05, 4.69) is 10.1 Å². The first-order chi connectivity index (χ1) is 17.7. The number of alkyl halides is 2. The van der Waals surface area contributed by atoms with Gasteiger partial charge >= 0.3 is 6.61 Å². The van der Waals surface area contributed by atoms with Crippen molar-refractivity contribution in [2.45, 2.75) is 18.6 Å². The molecule has 0 aromatic heterocycles. The number of methoxy groups -OCH3 is 1. The highest BCUT2D eigenvalue weighted by Gasteiger charge is 2.44. The minimum absolute atomic E-state index is 0.0595. The summed E-state index contributed by atoms with van der Waals surface area (Å²) in [6.45, 7) is -2.18. The number of halogens is 5. The average Bonchev–Trinajstić information content (AvgIpc) is 3.23. The van der Waals surface area contributed by atoms with Gasteiger partial charge < -0.3 is 25.3 Å². The zero-order valence-electron chi connectivity index (χ0n) is 19.6. The van der Waals surface area contributed by atoms with E-state index < -0.39 is 46.1 Å². The fraction of sp³-hybridized carbons (Fsp3) is 0.269. The molecule has 6 nitrogen and oxygen atoms in total. The Morgan fingerprint density at radius 3 is 2.57 bits per heavy atom. The first-order valence-corrected chi connectivity index (χ1v) is 11.6. The Hall–Kier alpha value is -3.34. The van der Waals surface area contributed by atoms with Gasteiger partial charge in [-0.2, -0.15) is 8.78 Å². The monoisotopic (exact) mass is 538 g/mol. The number of ether oxygens (including phenoxy) is 3. The van der Waals surface area contributed by atoms with Crippen molar-refractivity contribution in [3.8, 4) is 22.6 Å². The maximum atomic E-state index is 15.6. The third kappa shape index (κ3) is 5.22. The van der Waals surface area contributed by atoms with E-state index in [4.69, 9.17) is 26.8 Å². The van der Waals surface area contributed by atoms with Crippen molar-refractivity contribution >= 4 is 17.5 Å². The molecule has 37 heavy (non-hydrogen) atoms. The number of primary amides is 1. The van der Waals surface area contributed by atoms with Gasteiger partial charge in [0.05, 0.1) is 17.2 Å². The quantitative estimate of drug-likeness (QED) is 0.279. The molecule has 1 heterocycles. The van der Waals surface area contributed by atoms with Crippen molar-refractivity contribution in [3.05, 3.63) is 81.9 Å². The van der Waals surface area contributed by atoms with Gasteiger partial charge in [-0.05, 0) is 17.7 Å². The molecule has 0 bridgehead atoms. The molecule has 1 unspecified atom stereocenters. The molecule has 0 fully saturated rings. The van der Waals surface area contributed by atoms with Crippen LogP contribution in [0.5, 0.6) is 11.5 Å². The van der Waals surface area contributed by atoms with E-state index in [9.17, 15) is 13.6 Å². The van der Waals surface area contributed by atoms with Crippen LogP contribution in [0.4, 0.5) is 17.6 Å². The second-order valence-corrected chi connectivity index (χ2v) is 8.75. The minimum Gasteiger partial charge on any atom is -0.480 e. The predicted molar refractivity (Wildman–Crippen MR) is 129 cm³/mol. The second-order valence-electron chi connectivity index (χ2n) is 8.38. The number of hydrogen-bond donors (Lipinski definition) is 2. The molecule has 4 rings (SSSR count). The van der Waals surface area contributed by atoms with Crippen LogP contribution in [0.2, 0.25) is 5.02 Å². The molecule has 1 aliphatic heterocycles. The summed E-state index contributed by atoms with van der Waals surface area (Å²) < 4.78 is 72.2. The third-order valence-electron chi connectivity index (χ3n) is 6.09. The molecule has 0 saturated carbocycles. The summed E-state index contributed by atoms with van der Waals surface area (Å²) in [6, 6.07) is 12.0. The Morgan fingerprint density at radius 1 is 1.19 bits per heavy atom. The van der Waals surface area contributed by atoms with Crippen LogP contribution in [0.25, 0.3) is 11.1 Å². The normalized spacial score (nSPS) is 16.5. The fourth-order valence-corrected chi connectivity index (χ4v) is 4.72. The van der Waals surface area contributed by atoms with Crippen molar-refractivity contribution in [1.29, 1.82) is 0 Å². The fourth-order valence-electron chi connectivity index (χ4n) is 4.46. The topological polar surface area (TPSA) is 82.8 Å². The van der Waals surface area contributed by atoms with Gasteiger partial charge in [0.1, 0.15) is 11.6 Å². The van der Waals surface area contributed by atoms with E-state index in [1.54, 1.807) is 7.11 Å². The van der Waals surface area contributed by atoms with Gasteiger partial charge in [0.2, 0.25) is 5.91 Å². The molecule has 1 amide bonds. The molecule has 3 aromatic rings. The van der Waals surface area contributed by atoms with Crippen LogP contribution in [-0.2, 0) is 16.8 Å². The first-order valence-electron chi connectivity index (χ1n) is 11.2. The van der Waals surface area contributed by atoms with E-state index in [0.717, 1.165) is 23.8 Å². The van der Waals surface area contributed by atoms with Crippen LogP contribution >= 0.6 is 11.6 Å². The number of fused-ring (bicyclic) bond motifs is 1. The van der Waals surface area contributed by atoms with E-state index in [1.807, 2.05) is 30.3 Å². The molecule has 0 saturated heterocycles. The molecule has 11 heteroatoms. The van der Waals surface area contributed by atoms with E-state index in [1.165, 1.54) is 0 Å². The number of amides is 1. The standard InChI is InChI=1S/C26H23ClF4N2O4/c1-35-10-9-33-13-26(14-5-3-2-4-6-14)12-16-19(37-26)11-17(28)22(27)20(16)21-15(24(32)34)7-8-18(23(21)29)36-25(30)31/h2-8,11,25,33H,9-10,12-13H2,1H3,(H2,32,34). The zero-order valence-corrected chi connectivity index (χ0v) is 20.4. The van der Waals surface area contributed by atoms with E-state index in [0.29, 0.717) is 13.2 Å². The number of benzene rings is 3. The first kappa shape index (κ1) is 26.7. The van der Waals surface area contributed by atoms with E-state index in [-0.39, 0.29) is 35.4 Å². The SMILES string of the molecule is COCCNCC1(c2ccccc2)Cc2c(cc(F)c(Cl)c2-c2c(C(N)=O)ccc(OC(F)F)c2F)O1. The molecular weight excluding hydrogens is 516 g/mol. The Balaban J connectivity index is 1.91. The average molecular weight is 539 g/mol. The summed E-state index contributed by atoms with van der Waals surface area (Å²) in [7, 11) is 1.56. The molecule has 1 atom stereocenters. The van der Waals surface area contributed by atoms with Gasteiger partial charge in [-0.25, -0.2) is 8.78 Å². The number of nitrogens with one attached hydrogen (secondary N) is 1. The summed E-state index contributed by atoms with van der Waals surface area (Å²) in [5.74, 6) is -4.15. The van der Waals surface area contributed by atoms with Gasteiger partial charge in [0, 0.05) is 49.4 Å². The number of rotatable bonds is 10. The lowest BCUT2D eigenvalue weighted by Gasteiger charge is -2.30. The lowest BCUT2D eigenvalue weighted by atomic mass is 9.85. The van der Waals surface area contributed by atoms with Crippen molar-refractivity contribution in [2.75, 3.05) is 26.8 Å². The minimum atomic E-state index is -3.34. The zero-order chi connectivity index (χ0) is 26.7. The largest absolute Gasteiger partial charge is 0.480 e. The maximum Gasteiger partial charge on any atom is 0.387 e. The summed E-state index contributed by atoms with van der Waals surface area (Å²) in [5, 5.41) is 2.72. The van der Waals surface area contributed by atoms with Gasteiger partial charge in [-0.1, -0.05) is 41.9 Å². The Labute approximate surface area is 215 Å². The van der Waals surface area contributed by atoms with Crippen molar-refractivity contribution in [3.63, 3.8) is 0 Å². The molecule has 196 valence electrons. The molecule has 3 N–H and O–H groups in total. The number of hydrogen-bond acceptors (Lipinski definition) is 5. The smallest absolute Gasteiger partial charge is 0.387 e. The predicted octanol–water partition coefficient (Wildman–Crippen LogP) is 5.05. The Morgan fingerprint density at radius 2 is 1.92 bits per heavy atom. The van der Waals surface area contributed by atoms with Crippen LogP contribution in [0, 0.1) is 11.6 Å². The highest BCUT2D eigenvalue weighted by atomic mass is 35.5. The van der Waals surface area contributed by atoms with Crippen molar-refractivity contribution in [1.82, 2.24) is 5.32 Å². The van der Waals surface area contributed by atoms with Gasteiger partial charge in [-0.3, -0.25) is 4.79 Å². The summed E-state index contributed by atoms with van der Waals surface area (Å²) in [5.41, 5.74) is 4.25. The second kappa shape index (κ2) is 11.0. The molecule has 1 aliphatic rings. The van der Waals surface area contributed by atoms with Crippen molar-refractivity contribution < 1.29 is 36.6 Å². The molecular formula is C26H23ClF4N2O4. The maximum absolute atomic E-state index is 15.6. The number of carbonyl (C=O) groups is 1. The molecule has 3 aromatic carbocycles. The summed E-state index contributed by atoms with van der Waals surface area (Å²) >= 11 is 6.33. The number of nitrogens with two attached hydrogens (primary N) is 1. The Kier molecular flexibility index (Phi) is 7.91. The van der Waals surface area contributed by atoms with Crippen LogP contribution in [-0.4, -0.2) is 39.3 Å². The lowest BCUT2D eigenvalue weighted by Crippen LogP contribution is -2.43. The van der Waals surface area contributed by atoms with Crippen molar-refractivity contribution in [2.24, 2.45) is 5.73 Å². The molecule has 0 radical (unpaired) electrons. The van der Waals surface area contributed by atoms with E-state index >= 15 is 8.78 Å². The summed E-state index contributed by atoms with van der Waals surface area (Å²) in [6.07, 6.45) is 0.0826. The highest BCUT2D eigenvalue weighted by Crippen LogP contribution is 2.50. The molecule has 0 spiro atoms. The molecule has 0 aliphatic carbocycles. The summed E-state index contributed by atoms with van der Waals surface area (Å²) in [4.78, 5) is 12.2. The van der Waals surface area contributed by atoms with Gasteiger partial charge in [-0.15, -0.1) is 0 Å². The Bertz CT molecular complexity index is 1310. The number of carbonyl (C=O) groups excluding carboxylic acids is 1. The van der Waals surface area contributed by atoms with Gasteiger partial charge in [0.15, 0.2) is 17.2 Å². The van der Waals surface area contributed by atoms with Crippen LogP contribution < -0.4 is 20.5 Å². The highest BCUT2D eigenvalue weighted by molar-refractivity contribution is 6.34. The van der Waals surface area contributed by atoms with Crippen LogP contribution in [0.15, 0.2) is 48.5 Å².